The van der Waals surface area contributed by atoms with Gasteiger partial charge in [0.05, 0.1) is 0 Å². The van der Waals surface area contributed by atoms with Gasteiger partial charge in [0.2, 0.25) is 0 Å². The molecule has 0 aliphatic carbocycles. The first-order valence-electron chi connectivity index (χ1n) is 5.79. The first kappa shape index (κ1) is 10.7. The van der Waals surface area contributed by atoms with Gasteiger partial charge in [0.1, 0.15) is 13.2 Å². The highest BCUT2D eigenvalue weighted by atomic mass is 19.1. The first-order chi connectivity index (χ1) is 8.27. The molecule has 1 aromatic carbocycles. The van der Waals surface area contributed by atoms with Gasteiger partial charge in [0.25, 0.3) is 0 Å². The molecular weight excluding hydrogens is 225 g/mol. The van der Waals surface area contributed by atoms with E-state index in [0.717, 1.165) is 13.0 Å². The topological polar surface area (TPSA) is 50.7 Å². The number of phenolic OH excluding ortho intramolecular Hbond substituents is 1. The molecule has 1 aromatic rings. The number of phenols is 1. The van der Waals surface area contributed by atoms with E-state index in [1.54, 1.807) is 0 Å². The number of ether oxygens (including phenoxy) is 2. The highest BCUT2D eigenvalue weighted by Crippen LogP contribution is 2.44. The molecule has 0 aromatic heterocycles. The second-order valence-electron chi connectivity index (χ2n) is 4.34. The van der Waals surface area contributed by atoms with E-state index in [2.05, 4.69) is 5.32 Å². The molecule has 0 spiro atoms. The smallest absolute Gasteiger partial charge is 0.172 e. The maximum absolute atomic E-state index is 14.0. The Labute approximate surface area is 98.3 Å². The number of rotatable bonds is 1. The Hall–Kier alpha value is -1.49. The predicted molar refractivity (Wildman–Crippen MR) is 59.3 cm³/mol. The monoisotopic (exact) mass is 239 g/mol. The summed E-state index contributed by atoms with van der Waals surface area (Å²) in [6, 6.07) is 1.29. The molecule has 1 atom stereocenters. The van der Waals surface area contributed by atoms with Gasteiger partial charge in [-0.15, -0.1) is 0 Å². The minimum Gasteiger partial charge on any atom is -0.505 e. The van der Waals surface area contributed by atoms with Crippen molar-refractivity contribution in [2.45, 2.75) is 12.3 Å². The van der Waals surface area contributed by atoms with Crippen LogP contribution in [0.5, 0.6) is 17.2 Å². The molecule has 4 nitrogen and oxygen atoms in total. The van der Waals surface area contributed by atoms with E-state index in [0.29, 0.717) is 36.8 Å². The zero-order valence-corrected chi connectivity index (χ0v) is 9.33. The van der Waals surface area contributed by atoms with Gasteiger partial charge in [-0.05, 0) is 13.0 Å². The molecule has 0 saturated carbocycles. The van der Waals surface area contributed by atoms with Crippen molar-refractivity contribution in [3.63, 3.8) is 0 Å². The third kappa shape index (κ3) is 1.70. The van der Waals surface area contributed by atoms with Crippen LogP contribution in [0.1, 0.15) is 17.9 Å². The van der Waals surface area contributed by atoms with Crippen molar-refractivity contribution in [2.24, 2.45) is 0 Å². The Morgan fingerprint density at radius 2 is 2.18 bits per heavy atom. The molecule has 17 heavy (non-hydrogen) atoms. The van der Waals surface area contributed by atoms with Crippen LogP contribution in [-0.4, -0.2) is 31.4 Å². The number of fused-ring (bicyclic) bond motifs is 1. The van der Waals surface area contributed by atoms with Crippen molar-refractivity contribution in [2.75, 3.05) is 26.3 Å². The lowest BCUT2D eigenvalue weighted by Crippen LogP contribution is -2.19. The van der Waals surface area contributed by atoms with E-state index in [9.17, 15) is 9.50 Å². The molecule has 3 rings (SSSR count). The van der Waals surface area contributed by atoms with Gasteiger partial charge < -0.3 is 19.9 Å². The molecule has 2 aliphatic heterocycles. The Morgan fingerprint density at radius 3 is 2.94 bits per heavy atom. The molecule has 1 fully saturated rings. The molecule has 5 heteroatoms. The van der Waals surface area contributed by atoms with Crippen LogP contribution >= 0.6 is 0 Å². The van der Waals surface area contributed by atoms with Crippen molar-refractivity contribution in [3.8, 4) is 17.2 Å². The molecule has 0 amide bonds. The standard InChI is InChI=1S/C12H14FNO3/c13-11-8(15)5-9-12(17-4-3-16-9)10(11)7-1-2-14-6-7/h5,7,14-15H,1-4,6H2. The van der Waals surface area contributed by atoms with Crippen LogP contribution < -0.4 is 14.8 Å². The van der Waals surface area contributed by atoms with Gasteiger partial charge in [-0.1, -0.05) is 0 Å². The summed E-state index contributed by atoms with van der Waals surface area (Å²) in [4.78, 5) is 0. The Bertz CT molecular complexity index is 444. The zero-order chi connectivity index (χ0) is 11.8. The Kier molecular flexibility index (Phi) is 2.55. The summed E-state index contributed by atoms with van der Waals surface area (Å²) in [6.07, 6.45) is 0.843. The lowest BCUT2D eigenvalue weighted by atomic mass is 9.95. The van der Waals surface area contributed by atoms with E-state index in [1.807, 2.05) is 0 Å². The highest BCUT2D eigenvalue weighted by molar-refractivity contribution is 5.54. The van der Waals surface area contributed by atoms with Gasteiger partial charge in [0, 0.05) is 24.1 Å². The van der Waals surface area contributed by atoms with E-state index >= 15 is 0 Å². The number of hydrogen-bond acceptors (Lipinski definition) is 4. The second-order valence-corrected chi connectivity index (χ2v) is 4.34. The van der Waals surface area contributed by atoms with E-state index in [1.165, 1.54) is 6.07 Å². The summed E-state index contributed by atoms with van der Waals surface area (Å²) < 4.78 is 24.9. The Morgan fingerprint density at radius 1 is 1.35 bits per heavy atom. The lowest BCUT2D eigenvalue weighted by molar-refractivity contribution is 0.167. The van der Waals surface area contributed by atoms with Crippen molar-refractivity contribution >= 4 is 0 Å². The van der Waals surface area contributed by atoms with Gasteiger partial charge in [-0.25, -0.2) is 4.39 Å². The summed E-state index contributed by atoms with van der Waals surface area (Å²) >= 11 is 0. The quantitative estimate of drug-likeness (QED) is 0.777. The summed E-state index contributed by atoms with van der Waals surface area (Å²) in [5.74, 6) is -0.00560. The average Bonchev–Trinajstić information content (AvgIpc) is 2.84. The molecule has 2 N–H and O–H groups in total. The van der Waals surface area contributed by atoms with Crippen molar-refractivity contribution < 1.29 is 19.0 Å². The van der Waals surface area contributed by atoms with Gasteiger partial charge in [0.15, 0.2) is 23.1 Å². The molecule has 2 aliphatic rings. The maximum atomic E-state index is 14.0. The van der Waals surface area contributed by atoms with Gasteiger partial charge in [-0.2, -0.15) is 0 Å². The fourth-order valence-electron chi connectivity index (χ4n) is 2.44. The van der Waals surface area contributed by atoms with Gasteiger partial charge >= 0.3 is 0 Å². The fourth-order valence-corrected chi connectivity index (χ4v) is 2.44. The van der Waals surface area contributed by atoms with E-state index < -0.39 is 5.82 Å². The number of aromatic hydroxyl groups is 1. The average molecular weight is 239 g/mol. The van der Waals surface area contributed by atoms with Crippen LogP contribution in [0.25, 0.3) is 0 Å². The summed E-state index contributed by atoms with van der Waals surface area (Å²) in [6.45, 7) is 2.41. The fraction of sp³-hybridized carbons (Fsp3) is 0.500. The molecular formula is C12H14FNO3. The van der Waals surface area contributed by atoms with Crippen LogP contribution in [0, 0.1) is 5.82 Å². The largest absolute Gasteiger partial charge is 0.505 e. The molecule has 0 bridgehead atoms. The minimum absolute atomic E-state index is 0.0394. The first-order valence-corrected chi connectivity index (χ1v) is 5.79. The normalized spacial score (nSPS) is 22.8. The predicted octanol–water partition coefficient (Wildman–Crippen LogP) is 1.38. The third-order valence-corrected chi connectivity index (χ3v) is 3.25. The molecule has 92 valence electrons. The van der Waals surface area contributed by atoms with Crippen LogP contribution in [0.15, 0.2) is 6.07 Å². The van der Waals surface area contributed by atoms with Gasteiger partial charge in [-0.3, -0.25) is 0 Å². The summed E-state index contributed by atoms with van der Waals surface area (Å²) in [7, 11) is 0. The van der Waals surface area contributed by atoms with E-state index in [4.69, 9.17) is 9.47 Å². The number of halogens is 1. The number of benzene rings is 1. The zero-order valence-electron chi connectivity index (χ0n) is 9.33. The minimum atomic E-state index is -0.581. The maximum Gasteiger partial charge on any atom is 0.172 e. The number of nitrogens with one attached hydrogen (secondary N) is 1. The lowest BCUT2D eigenvalue weighted by Gasteiger charge is -2.24. The third-order valence-electron chi connectivity index (χ3n) is 3.25. The Balaban J connectivity index is 2.12. The molecule has 0 radical (unpaired) electrons. The van der Waals surface area contributed by atoms with Crippen molar-refractivity contribution in [1.29, 1.82) is 0 Å². The van der Waals surface area contributed by atoms with Crippen LogP contribution in [-0.2, 0) is 0 Å². The molecule has 2 heterocycles. The van der Waals surface area contributed by atoms with Crippen LogP contribution in [0.3, 0.4) is 0 Å². The second kappa shape index (κ2) is 4.07. The van der Waals surface area contributed by atoms with Crippen molar-refractivity contribution in [3.05, 3.63) is 17.4 Å². The van der Waals surface area contributed by atoms with E-state index in [-0.39, 0.29) is 11.7 Å². The SMILES string of the molecule is Oc1cc2c(c(C3CCNC3)c1F)OCCO2. The number of hydrogen-bond donors (Lipinski definition) is 2. The van der Waals surface area contributed by atoms with Crippen molar-refractivity contribution in [1.82, 2.24) is 5.32 Å². The molecule has 1 unspecified atom stereocenters. The van der Waals surface area contributed by atoms with Crippen LogP contribution in [0.2, 0.25) is 0 Å². The highest BCUT2D eigenvalue weighted by Gasteiger charge is 2.30. The summed E-state index contributed by atoms with van der Waals surface area (Å²) in [5.41, 5.74) is 0.449. The van der Waals surface area contributed by atoms with Crippen LogP contribution in [0.4, 0.5) is 4.39 Å². The molecule has 1 saturated heterocycles. The summed E-state index contributed by atoms with van der Waals surface area (Å²) in [5, 5.41) is 12.8.